The van der Waals surface area contributed by atoms with Crippen LogP contribution in [-0.2, 0) is 11.2 Å². The van der Waals surface area contributed by atoms with Gasteiger partial charge in [-0.1, -0.05) is 12.1 Å². The number of aromatic hydroxyl groups is 1. The van der Waals surface area contributed by atoms with Crippen molar-refractivity contribution in [1.29, 1.82) is 0 Å². The molecule has 1 rings (SSSR count). The van der Waals surface area contributed by atoms with Crippen molar-refractivity contribution in [2.24, 2.45) is 0 Å². The number of phenolic OH excluding ortho intramolecular Hbond substituents is 1. The van der Waals surface area contributed by atoms with Gasteiger partial charge in [-0.05, 0) is 17.7 Å². The highest BCUT2D eigenvalue weighted by Crippen LogP contribution is 2.10. The van der Waals surface area contributed by atoms with Crippen LogP contribution in [0.25, 0.3) is 0 Å². The van der Waals surface area contributed by atoms with Crippen molar-refractivity contribution in [1.82, 2.24) is 0 Å². The molecule has 4 N–H and O–H groups in total. The Balaban J connectivity index is 2.64. The quantitative estimate of drug-likeness (QED) is 0.694. The van der Waals surface area contributed by atoms with Crippen molar-refractivity contribution in [3.05, 3.63) is 29.8 Å². The van der Waals surface area contributed by atoms with E-state index in [1.165, 1.54) is 6.92 Å². The summed E-state index contributed by atoms with van der Waals surface area (Å²) in [7, 11) is 0. The van der Waals surface area contributed by atoms with Gasteiger partial charge in [0.2, 0.25) is 0 Å². The molecule has 13 heavy (non-hydrogen) atoms. The Kier molecular flexibility index (Phi) is 3.03. The Hall–Kier alpha value is -1.35. The monoisotopic (exact) mass is 180 g/mol. The fraction of sp³-hybridized carbons (Fsp3) is 0.300. The molecule has 3 nitrogen and oxygen atoms in total. The predicted octanol–water partition coefficient (Wildman–Crippen LogP) is 0.134. The Morgan fingerprint density at radius 3 is 2.46 bits per heavy atom. The lowest BCUT2D eigenvalue weighted by Gasteiger charge is -2.04. The van der Waals surface area contributed by atoms with Crippen LogP contribution in [0.3, 0.4) is 0 Å². The lowest BCUT2D eigenvalue weighted by molar-refractivity contribution is -0.402. The van der Waals surface area contributed by atoms with Crippen LogP contribution in [-0.4, -0.2) is 16.9 Å². The number of benzene rings is 1. The molecule has 0 unspecified atom stereocenters. The SMILES string of the molecule is CC(=O)[C@@H]([NH3+])Cc1ccc(O)cc1. The van der Waals surface area contributed by atoms with Gasteiger partial charge in [0.1, 0.15) is 11.8 Å². The molecule has 1 aromatic carbocycles. The van der Waals surface area contributed by atoms with Crippen molar-refractivity contribution in [3.8, 4) is 5.75 Å². The maximum atomic E-state index is 10.9. The second-order valence-electron chi connectivity index (χ2n) is 3.18. The van der Waals surface area contributed by atoms with Gasteiger partial charge in [0.15, 0.2) is 5.78 Å². The van der Waals surface area contributed by atoms with Crippen LogP contribution in [0.4, 0.5) is 0 Å². The Morgan fingerprint density at radius 2 is 2.00 bits per heavy atom. The smallest absolute Gasteiger partial charge is 0.187 e. The average molecular weight is 180 g/mol. The van der Waals surface area contributed by atoms with E-state index in [0.29, 0.717) is 6.42 Å². The molecule has 0 bridgehead atoms. The number of quaternary nitrogens is 1. The van der Waals surface area contributed by atoms with Gasteiger partial charge >= 0.3 is 0 Å². The number of ketones is 1. The second kappa shape index (κ2) is 4.05. The highest BCUT2D eigenvalue weighted by molar-refractivity contribution is 5.80. The minimum Gasteiger partial charge on any atom is -0.508 e. The highest BCUT2D eigenvalue weighted by atomic mass is 16.3. The summed E-state index contributed by atoms with van der Waals surface area (Å²) in [6.45, 7) is 1.54. The number of phenols is 1. The summed E-state index contributed by atoms with van der Waals surface area (Å²) in [5.74, 6) is 0.334. The molecular weight excluding hydrogens is 166 g/mol. The Labute approximate surface area is 77.2 Å². The molecular formula is C10H14NO2+. The van der Waals surface area contributed by atoms with Gasteiger partial charge in [-0.15, -0.1) is 0 Å². The summed E-state index contributed by atoms with van der Waals surface area (Å²) in [6.07, 6.45) is 0.635. The van der Waals surface area contributed by atoms with Crippen LogP contribution in [0.15, 0.2) is 24.3 Å². The summed E-state index contributed by atoms with van der Waals surface area (Å²) >= 11 is 0. The highest BCUT2D eigenvalue weighted by Gasteiger charge is 2.12. The number of hydrogen-bond donors (Lipinski definition) is 2. The fourth-order valence-electron chi connectivity index (χ4n) is 1.06. The molecule has 3 heteroatoms. The zero-order valence-corrected chi connectivity index (χ0v) is 7.66. The predicted molar refractivity (Wildman–Crippen MR) is 49.2 cm³/mol. The largest absolute Gasteiger partial charge is 0.508 e. The van der Waals surface area contributed by atoms with Gasteiger partial charge in [-0.25, -0.2) is 0 Å². The van der Waals surface area contributed by atoms with Crippen LogP contribution in [0.1, 0.15) is 12.5 Å². The summed E-state index contributed by atoms with van der Waals surface area (Å²) in [4.78, 5) is 10.9. The third-order valence-corrected chi connectivity index (χ3v) is 1.99. The van der Waals surface area contributed by atoms with Gasteiger partial charge < -0.3 is 10.8 Å². The van der Waals surface area contributed by atoms with Gasteiger partial charge in [0.25, 0.3) is 0 Å². The maximum absolute atomic E-state index is 10.9. The number of carbonyl (C=O) groups is 1. The average Bonchev–Trinajstić information content (AvgIpc) is 2.08. The Morgan fingerprint density at radius 1 is 1.46 bits per heavy atom. The van der Waals surface area contributed by atoms with E-state index in [1.807, 2.05) is 0 Å². The molecule has 0 spiro atoms. The molecule has 0 aromatic heterocycles. The van der Waals surface area contributed by atoms with Gasteiger partial charge in [-0.3, -0.25) is 4.79 Å². The van der Waals surface area contributed by atoms with Crippen LogP contribution >= 0.6 is 0 Å². The first-order valence-electron chi connectivity index (χ1n) is 4.21. The lowest BCUT2D eigenvalue weighted by atomic mass is 10.0. The fourth-order valence-corrected chi connectivity index (χ4v) is 1.06. The van der Waals surface area contributed by atoms with Crippen molar-refractivity contribution < 1.29 is 15.6 Å². The minimum absolute atomic E-state index is 0.0908. The van der Waals surface area contributed by atoms with Crippen molar-refractivity contribution in [2.45, 2.75) is 19.4 Å². The molecule has 1 atom stereocenters. The molecule has 0 aliphatic heterocycles. The van der Waals surface area contributed by atoms with E-state index in [-0.39, 0.29) is 17.6 Å². The minimum atomic E-state index is -0.190. The summed E-state index contributed by atoms with van der Waals surface area (Å²) in [5.41, 5.74) is 4.76. The van der Waals surface area contributed by atoms with Gasteiger partial charge in [0, 0.05) is 13.3 Å². The summed E-state index contributed by atoms with van der Waals surface area (Å²) in [5, 5.41) is 9.02. The molecule has 1 aromatic rings. The van der Waals surface area contributed by atoms with Crippen LogP contribution in [0.2, 0.25) is 0 Å². The van der Waals surface area contributed by atoms with E-state index >= 15 is 0 Å². The van der Waals surface area contributed by atoms with E-state index in [2.05, 4.69) is 5.73 Å². The van der Waals surface area contributed by atoms with E-state index in [9.17, 15) is 4.79 Å². The molecule has 0 heterocycles. The number of carbonyl (C=O) groups excluding carboxylic acids is 1. The standard InChI is InChI=1S/C10H13NO2/c1-7(12)10(11)6-8-2-4-9(13)5-3-8/h2-5,10,13H,6,11H2,1H3/p+1/t10-/m0/s1. The van der Waals surface area contributed by atoms with E-state index in [0.717, 1.165) is 5.56 Å². The summed E-state index contributed by atoms with van der Waals surface area (Å²) < 4.78 is 0. The molecule has 0 amide bonds. The molecule has 0 saturated carbocycles. The van der Waals surface area contributed by atoms with E-state index < -0.39 is 0 Å². The van der Waals surface area contributed by atoms with Gasteiger partial charge in [0.05, 0.1) is 0 Å². The number of Topliss-reactive ketones (excluding diaryl/α,β-unsaturated/α-hetero) is 1. The first-order chi connectivity index (χ1) is 6.09. The third kappa shape index (κ3) is 2.87. The Bertz CT molecular complexity index is 292. The number of rotatable bonds is 3. The topological polar surface area (TPSA) is 64.9 Å². The zero-order chi connectivity index (χ0) is 9.84. The van der Waals surface area contributed by atoms with Gasteiger partial charge in [-0.2, -0.15) is 0 Å². The third-order valence-electron chi connectivity index (χ3n) is 1.99. The van der Waals surface area contributed by atoms with E-state index in [1.54, 1.807) is 24.3 Å². The molecule has 0 aliphatic rings. The first-order valence-corrected chi connectivity index (χ1v) is 4.21. The van der Waals surface area contributed by atoms with Crippen LogP contribution in [0, 0.1) is 0 Å². The normalized spacial score (nSPS) is 12.5. The first kappa shape index (κ1) is 9.74. The van der Waals surface area contributed by atoms with E-state index in [4.69, 9.17) is 5.11 Å². The lowest BCUT2D eigenvalue weighted by Crippen LogP contribution is -2.65. The second-order valence-corrected chi connectivity index (χ2v) is 3.18. The van der Waals surface area contributed by atoms with Crippen molar-refractivity contribution in [2.75, 3.05) is 0 Å². The van der Waals surface area contributed by atoms with Crippen LogP contribution in [0.5, 0.6) is 5.75 Å². The maximum Gasteiger partial charge on any atom is 0.187 e. The summed E-state index contributed by atoms with van der Waals surface area (Å²) in [6, 6.07) is 6.64. The van der Waals surface area contributed by atoms with Crippen molar-refractivity contribution >= 4 is 5.78 Å². The molecule has 0 saturated heterocycles. The van der Waals surface area contributed by atoms with Crippen molar-refractivity contribution in [3.63, 3.8) is 0 Å². The van der Waals surface area contributed by atoms with Crippen LogP contribution < -0.4 is 5.73 Å². The zero-order valence-electron chi connectivity index (χ0n) is 7.66. The molecule has 0 radical (unpaired) electrons. The molecule has 70 valence electrons. The number of hydrogen-bond acceptors (Lipinski definition) is 2. The molecule has 0 fully saturated rings. The molecule has 0 aliphatic carbocycles.